The fourth-order valence-corrected chi connectivity index (χ4v) is 11.8. The van der Waals surface area contributed by atoms with Gasteiger partial charge in [-0.25, -0.2) is 9.13 Å². The largest absolute Gasteiger partial charge is 0.472 e. The first kappa shape index (κ1) is 85.1. The van der Waals surface area contributed by atoms with Gasteiger partial charge in [-0.15, -0.1) is 0 Å². The lowest BCUT2D eigenvalue weighted by Crippen LogP contribution is -2.30. The molecule has 0 fully saturated rings. The lowest BCUT2D eigenvalue weighted by atomic mass is 10.00. The van der Waals surface area contributed by atoms with Crippen molar-refractivity contribution in [3.8, 4) is 0 Å². The number of unbranched alkanes of at least 4 members (excludes halogenated alkanes) is 36. The van der Waals surface area contributed by atoms with E-state index in [1.165, 1.54) is 154 Å². The number of aliphatic hydroxyl groups is 1. The molecule has 0 rings (SSSR count). The lowest BCUT2D eigenvalue weighted by molar-refractivity contribution is -0.161. The first-order valence-corrected chi connectivity index (χ1v) is 38.5. The van der Waals surface area contributed by atoms with Crippen molar-refractivity contribution < 1.29 is 80.2 Å². The van der Waals surface area contributed by atoms with E-state index < -0.39 is 97.5 Å². The van der Waals surface area contributed by atoms with Crippen LogP contribution < -0.4 is 0 Å². The van der Waals surface area contributed by atoms with Gasteiger partial charge in [-0.1, -0.05) is 292 Å². The molecule has 0 aromatic carbocycles. The van der Waals surface area contributed by atoms with E-state index in [0.29, 0.717) is 25.7 Å². The van der Waals surface area contributed by atoms with Gasteiger partial charge in [0.2, 0.25) is 0 Å². The van der Waals surface area contributed by atoms with Crippen LogP contribution in [0.3, 0.4) is 0 Å². The molecule has 516 valence electrons. The molecule has 0 aromatic rings. The number of carbonyl (C=O) groups excluding carboxylic acids is 4. The van der Waals surface area contributed by atoms with Crippen LogP contribution in [0.15, 0.2) is 0 Å². The Labute approximate surface area is 530 Å². The molecule has 19 heteroatoms. The molecule has 3 unspecified atom stereocenters. The number of carbonyl (C=O) groups is 4. The summed E-state index contributed by atoms with van der Waals surface area (Å²) in [4.78, 5) is 72.3. The van der Waals surface area contributed by atoms with Crippen LogP contribution in [0, 0.1) is 11.8 Å². The van der Waals surface area contributed by atoms with Crippen molar-refractivity contribution in [2.45, 2.75) is 362 Å². The molecule has 0 amide bonds. The third-order valence-corrected chi connectivity index (χ3v) is 18.0. The second-order valence-electron chi connectivity index (χ2n) is 25.3. The summed E-state index contributed by atoms with van der Waals surface area (Å²) < 4.78 is 68.1. The average molecular weight is 1280 g/mol. The number of rotatable bonds is 67. The highest BCUT2D eigenvalue weighted by molar-refractivity contribution is 7.47. The highest BCUT2D eigenvalue weighted by Crippen LogP contribution is 2.45. The van der Waals surface area contributed by atoms with Crippen molar-refractivity contribution in [1.82, 2.24) is 0 Å². The predicted molar refractivity (Wildman–Crippen MR) is 349 cm³/mol. The van der Waals surface area contributed by atoms with Gasteiger partial charge in [0.25, 0.3) is 0 Å². The van der Waals surface area contributed by atoms with Gasteiger partial charge in [0.05, 0.1) is 26.4 Å². The molecule has 0 aliphatic rings. The van der Waals surface area contributed by atoms with Crippen molar-refractivity contribution in [2.75, 3.05) is 39.6 Å². The van der Waals surface area contributed by atoms with E-state index in [2.05, 4.69) is 41.5 Å². The summed E-state index contributed by atoms with van der Waals surface area (Å²) in [6, 6.07) is 0. The Balaban J connectivity index is 5.19. The second kappa shape index (κ2) is 60.3. The minimum absolute atomic E-state index is 0.103. The van der Waals surface area contributed by atoms with Gasteiger partial charge in [0.15, 0.2) is 12.2 Å². The maximum Gasteiger partial charge on any atom is 0.472 e. The summed E-state index contributed by atoms with van der Waals surface area (Å²) in [6.07, 6.45) is 44.5. The maximum absolute atomic E-state index is 13.0. The Morgan fingerprint density at radius 1 is 0.333 bits per heavy atom. The van der Waals surface area contributed by atoms with Crippen molar-refractivity contribution in [3.63, 3.8) is 0 Å². The molecule has 17 nitrogen and oxygen atoms in total. The summed E-state index contributed by atoms with van der Waals surface area (Å²) >= 11 is 0. The molecule has 0 bridgehead atoms. The van der Waals surface area contributed by atoms with Gasteiger partial charge in [-0.3, -0.25) is 37.3 Å². The minimum Gasteiger partial charge on any atom is -0.462 e. The summed E-state index contributed by atoms with van der Waals surface area (Å²) in [7, 11) is -9.89. The van der Waals surface area contributed by atoms with Crippen molar-refractivity contribution >= 4 is 39.5 Å². The Morgan fingerprint density at radius 3 is 0.874 bits per heavy atom. The number of esters is 4. The van der Waals surface area contributed by atoms with Gasteiger partial charge >= 0.3 is 39.5 Å². The Morgan fingerprint density at radius 2 is 0.586 bits per heavy atom. The SMILES string of the molecule is CCCCCCCCCCCCCC(=O)OC[C@H](COP(=O)(O)OC[C@@H](O)COP(=O)(O)OC[C@@H](COC(=O)CCCCCCCCCC)OC(=O)CCCCCCCCC(C)CC)OC(=O)CCCCCCCCCCCCCCCCCC(C)C. The van der Waals surface area contributed by atoms with Crippen LogP contribution in [0.25, 0.3) is 0 Å². The normalized spacial score (nSPS) is 14.5. The van der Waals surface area contributed by atoms with E-state index >= 15 is 0 Å². The Hall–Kier alpha value is -1.94. The van der Waals surface area contributed by atoms with Crippen LogP contribution >= 0.6 is 15.6 Å². The molecule has 0 heterocycles. The number of phosphoric ester groups is 2. The first-order valence-electron chi connectivity index (χ1n) is 35.5. The standard InChI is InChI=1S/C68H132O17P2/c1-7-10-12-14-16-18-24-28-32-39-45-51-66(71)79-56-63(84-67(72)52-46-40-33-29-26-23-21-19-20-22-25-27-30-36-42-48-60(4)5)58-82-86(74,75)80-54-62(69)55-81-87(76,77)83-59-64(57-78-65(70)50-44-38-31-17-15-13-11-8-2)85-68(73)53-47-41-35-34-37-43-49-61(6)9-3/h60-64,69H,7-59H2,1-6H3,(H,74,75)(H,76,77)/t61?,62-,63-,64-/m1/s1. The number of hydrogen-bond donors (Lipinski definition) is 3. The molecule has 0 aliphatic carbocycles. The molecule has 0 radical (unpaired) electrons. The Kier molecular flexibility index (Phi) is 59.0. The Bertz CT molecular complexity index is 1700. The molecule has 0 aliphatic heterocycles. The van der Waals surface area contributed by atoms with Crippen LogP contribution in [-0.4, -0.2) is 96.7 Å². The van der Waals surface area contributed by atoms with Gasteiger partial charge in [0, 0.05) is 25.7 Å². The molecule has 3 N–H and O–H groups in total. The minimum atomic E-state index is -4.95. The van der Waals surface area contributed by atoms with E-state index in [-0.39, 0.29) is 25.7 Å². The molecule has 0 aromatic heterocycles. The van der Waals surface area contributed by atoms with Crippen LogP contribution in [0.5, 0.6) is 0 Å². The molecule has 87 heavy (non-hydrogen) atoms. The van der Waals surface area contributed by atoms with E-state index in [1.54, 1.807) is 0 Å². The summed E-state index contributed by atoms with van der Waals surface area (Å²) in [5.74, 6) is -0.609. The molecule has 0 saturated heterocycles. The number of phosphoric acid groups is 2. The number of aliphatic hydroxyl groups excluding tert-OH is 1. The summed E-state index contributed by atoms with van der Waals surface area (Å²) in [6.45, 7) is 9.48. The third kappa shape index (κ3) is 61.3. The number of hydrogen-bond acceptors (Lipinski definition) is 15. The fraction of sp³-hybridized carbons (Fsp3) is 0.941. The van der Waals surface area contributed by atoms with E-state index in [4.69, 9.17) is 37.0 Å². The molecule has 6 atom stereocenters. The molecule has 0 spiro atoms. The summed E-state index contributed by atoms with van der Waals surface area (Å²) in [5, 5.41) is 10.6. The van der Waals surface area contributed by atoms with Crippen molar-refractivity contribution in [1.29, 1.82) is 0 Å². The zero-order valence-electron chi connectivity index (χ0n) is 56.3. The predicted octanol–water partition coefficient (Wildman–Crippen LogP) is 19.2. The van der Waals surface area contributed by atoms with Crippen molar-refractivity contribution in [2.24, 2.45) is 11.8 Å². The third-order valence-electron chi connectivity index (χ3n) is 16.1. The van der Waals surface area contributed by atoms with Gasteiger partial charge < -0.3 is 33.8 Å². The quantitative estimate of drug-likeness (QED) is 0.0222. The monoisotopic (exact) mass is 1280 g/mol. The smallest absolute Gasteiger partial charge is 0.462 e. The van der Waals surface area contributed by atoms with Gasteiger partial charge in [-0.05, 0) is 37.5 Å². The molecular weight excluding hydrogens is 1150 g/mol. The summed E-state index contributed by atoms with van der Waals surface area (Å²) in [5.41, 5.74) is 0. The zero-order valence-corrected chi connectivity index (χ0v) is 58.1. The lowest BCUT2D eigenvalue weighted by Gasteiger charge is -2.21. The average Bonchev–Trinajstić information content (AvgIpc) is 3.61. The number of ether oxygens (including phenoxy) is 4. The van der Waals surface area contributed by atoms with E-state index in [9.17, 15) is 43.2 Å². The first-order chi connectivity index (χ1) is 41.9. The van der Waals surface area contributed by atoms with Crippen LogP contribution in [-0.2, 0) is 65.4 Å². The topological polar surface area (TPSA) is 237 Å². The zero-order chi connectivity index (χ0) is 64.3. The fourth-order valence-electron chi connectivity index (χ4n) is 10.2. The van der Waals surface area contributed by atoms with Gasteiger partial charge in [0.1, 0.15) is 19.3 Å². The highest BCUT2D eigenvalue weighted by Gasteiger charge is 2.30. The molecular formula is C68H132O17P2. The highest BCUT2D eigenvalue weighted by atomic mass is 31.2. The van der Waals surface area contributed by atoms with E-state index in [1.807, 2.05) is 0 Å². The van der Waals surface area contributed by atoms with Crippen LogP contribution in [0.4, 0.5) is 0 Å². The van der Waals surface area contributed by atoms with Crippen LogP contribution in [0.1, 0.15) is 343 Å². The second-order valence-corrected chi connectivity index (χ2v) is 28.2. The van der Waals surface area contributed by atoms with E-state index in [0.717, 1.165) is 108 Å². The molecule has 0 saturated carbocycles. The maximum atomic E-state index is 13.0. The van der Waals surface area contributed by atoms with Crippen LogP contribution in [0.2, 0.25) is 0 Å². The van der Waals surface area contributed by atoms with Gasteiger partial charge in [-0.2, -0.15) is 0 Å². The van der Waals surface area contributed by atoms with Crippen molar-refractivity contribution in [3.05, 3.63) is 0 Å².